The molecule has 1 rings (SSSR count). The topological polar surface area (TPSA) is 89.6 Å². The van der Waals surface area contributed by atoms with Gasteiger partial charge in [-0.15, -0.1) is 0 Å². The summed E-state index contributed by atoms with van der Waals surface area (Å²) in [5, 5.41) is 9.56. The standard InChI is InChI=1S/C8H9Br2NO4S/c1-2-16(13,14)15-8-5(11)3-4(9)7(12)6(8)10/h3,12H,2,11H2,1H3. The Morgan fingerprint density at radius 3 is 2.56 bits per heavy atom. The fourth-order valence-corrected chi connectivity index (χ4v) is 2.77. The van der Waals surface area contributed by atoms with Crippen molar-refractivity contribution in [2.24, 2.45) is 0 Å². The van der Waals surface area contributed by atoms with Crippen molar-refractivity contribution in [3.8, 4) is 11.5 Å². The zero-order chi connectivity index (χ0) is 12.5. The molecule has 1 aromatic carbocycles. The number of aromatic hydroxyl groups is 1. The van der Waals surface area contributed by atoms with E-state index in [1.165, 1.54) is 13.0 Å². The number of halogens is 2. The summed E-state index contributed by atoms with van der Waals surface area (Å²) in [4.78, 5) is 0. The molecule has 0 heterocycles. The van der Waals surface area contributed by atoms with Gasteiger partial charge in [0.05, 0.1) is 15.9 Å². The summed E-state index contributed by atoms with van der Waals surface area (Å²) in [5.74, 6) is -0.464. The van der Waals surface area contributed by atoms with Crippen molar-refractivity contribution in [1.29, 1.82) is 0 Å². The van der Waals surface area contributed by atoms with Gasteiger partial charge in [0.1, 0.15) is 10.2 Å². The van der Waals surface area contributed by atoms with Crippen molar-refractivity contribution < 1.29 is 17.7 Å². The summed E-state index contributed by atoms with van der Waals surface area (Å²) in [6.07, 6.45) is 0. The Kier molecular flexibility index (Phi) is 4.08. The minimum absolute atomic E-state index is 0.0939. The van der Waals surface area contributed by atoms with E-state index < -0.39 is 10.1 Å². The smallest absolute Gasteiger partial charge is 0.309 e. The number of hydrogen-bond acceptors (Lipinski definition) is 5. The van der Waals surface area contributed by atoms with E-state index >= 15 is 0 Å². The number of phenolic OH excluding ortho intramolecular Hbond substituents is 1. The molecule has 16 heavy (non-hydrogen) atoms. The van der Waals surface area contributed by atoms with Gasteiger partial charge in [0.25, 0.3) is 0 Å². The molecule has 5 nitrogen and oxygen atoms in total. The summed E-state index contributed by atoms with van der Waals surface area (Å²) in [6.45, 7) is 1.44. The van der Waals surface area contributed by atoms with E-state index in [1.807, 2.05) is 0 Å². The summed E-state index contributed by atoms with van der Waals surface area (Å²) < 4.78 is 27.8. The van der Waals surface area contributed by atoms with E-state index in [9.17, 15) is 13.5 Å². The number of nitrogen functional groups attached to an aromatic ring is 1. The van der Waals surface area contributed by atoms with Crippen LogP contribution in [0.5, 0.6) is 11.5 Å². The van der Waals surface area contributed by atoms with E-state index in [-0.39, 0.29) is 27.4 Å². The van der Waals surface area contributed by atoms with E-state index in [0.29, 0.717) is 4.47 Å². The van der Waals surface area contributed by atoms with Gasteiger partial charge in [0.2, 0.25) is 0 Å². The average molecular weight is 375 g/mol. The molecule has 0 aliphatic rings. The molecule has 0 amide bonds. The van der Waals surface area contributed by atoms with Gasteiger partial charge in [0, 0.05) is 0 Å². The second kappa shape index (κ2) is 4.80. The molecule has 0 unspecified atom stereocenters. The molecule has 0 atom stereocenters. The number of rotatable bonds is 3. The Morgan fingerprint density at radius 1 is 1.50 bits per heavy atom. The Hall–Kier alpha value is -0.470. The molecule has 0 saturated carbocycles. The number of benzene rings is 1. The third kappa shape index (κ3) is 2.80. The summed E-state index contributed by atoms with van der Waals surface area (Å²) in [6, 6.07) is 1.36. The molecule has 0 aliphatic heterocycles. The molecule has 1 aromatic rings. The first kappa shape index (κ1) is 13.6. The minimum Gasteiger partial charge on any atom is -0.505 e. The van der Waals surface area contributed by atoms with Gasteiger partial charge in [-0.05, 0) is 44.8 Å². The lowest BCUT2D eigenvalue weighted by Crippen LogP contribution is -2.13. The Bertz CT molecular complexity index is 515. The zero-order valence-corrected chi connectivity index (χ0v) is 12.2. The summed E-state index contributed by atoms with van der Waals surface area (Å²) in [7, 11) is -3.68. The van der Waals surface area contributed by atoms with Crippen LogP contribution in [0.3, 0.4) is 0 Å². The van der Waals surface area contributed by atoms with Crippen molar-refractivity contribution in [2.75, 3.05) is 11.5 Å². The van der Waals surface area contributed by atoms with E-state index in [1.54, 1.807) is 0 Å². The minimum atomic E-state index is -3.68. The maximum Gasteiger partial charge on any atom is 0.309 e. The number of phenols is 1. The van der Waals surface area contributed by atoms with Crippen molar-refractivity contribution >= 4 is 47.7 Å². The molecule has 0 bridgehead atoms. The van der Waals surface area contributed by atoms with Crippen LogP contribution in [-0.4, -0.2) is 19.3 Å². The van der Waals surface area contributed by atoms with Crippen LogP contribution in [0.1, 0.15) is 6.92 Å². The highest BCUT2D eigenvalue weighted by atomic mass is 79.9. The highest BCUT2D eigenvalue weighted by molar-refractivity contribution is 9.11. The highest BCUT2D eigenvalue weighted by Gasteiger charge is 2.19. The van der Waals surface area contributed by atoms with Crippen LogP contribution in [0.15, 0.2) is 15.0 Å². The maximum absolute atomic E-state index is 11.3. The van der Waals surface area contributed by atoms with Gasteiger partial charge in [-0.3, -0.25) is 0 Å². The first-order chi connectivity index (χ1) is 7.28. The van der Waals surface area contributed by atoms with Gasteiger partial charge in [0.15, 0.2) is 5.75 Å². The lowest BCUT2D eigenvalue weighted by Gasteiger charge is -2.11. The first-order valence-corrected chi connectivity index (χ1v) is 7.33. The molecule has 0 aromatic heterocycles. The van der Waals surface area contributed by atoms with Crippen molar-refractivity contribution in [1.82, 2.24) is 0 Å². The van der Waals surface area contributed by atoms with Crippen LogP contribution in [0.4, 0.5) is 5.69 Å². The lowest BCUT2D eigenvalue weighted by molar-refractivity contribution is 0.457. The van der Waals surface area contributed by atoms with Crippen LogP contribution in [0, 0.1) is 0 Å². The zero-order valence-electron chi connectivity index (χ0n) is 8.20. The largest absolute Gasteiger partial charge is 0.505 e. The molecular weight excluding hydrogens is 366 g/mol. The average Bonchev–Trinajstić information content (AvgIpc) is 2.21. The predicted molar refractivity (Wildman–Crippen MR) is 68.0 cm³/mol. The third-order valence-corrected chi connectivity index (χ3v) is 4.21. The molecule has 8 heteroatoms. The van der Waals surface area contributed by atoms with Crippen molar-refractivity contribution in [2.45, 2.75) is 6.92 Å². The Morgan fingerprint density at radius 2 is 2.06 bits per heavy atom. The third-order valence-electron chi connectivity index (χ3n) is 1.74. The molecule has 0 spiro atoms. The summed E-state index contributed by atoms with van der Waals surface area (Å²) >= 11 is 6.08. The van der Waals surface area contributed by atoms with Crippen molar-refractivity contribution in [3.05, 3.63) is 15.0 Å². The fraction of sp³-hybridized carbons (Fsp3) is 0.250. The second-order valence-electron chi connectivity index (χ2n) is 2.87. The van der Waals surface area contributed by atoms with E-state index in [2.05, 4.69) is 31.9 Å². The number of hydrogen-bond donors (Lipinski definition) is 2. The first-order valence-electron chi connectivity index (χ1n) is 4.17. The van der Waals surface area contributed by atoms with Crippen LogP contribution in [0.25, 0.3) is 0 Å². The Balaban J connectivity index is 3.31. The highest BCUT2D eigenvalue weighted by Crippen LogP contribution is 2.43. The number of nitrogens with two attached hydrogens (primary N) is 1. The van der Waals surface area contributed by atoms with Crippen molar-refractivity contribution in [3.63, 3.8) is 0 Å². The van der Waals surface area contributed by atoms with E-state index in [4.69, 9.17) is 9.92 Å². The SMILES string of the molecule is CCS(=O)(=O)Oc1c(N)cc(Br)c(O)c1Br. The van der Waals surface area contributed by atoms with Gasteiger partial charge >= 0.3 is 10.1 Å². The normalized spacial score (nSPS) is 11.4. The van der Waals surface area contributed by atoms with Crippen LogP contribution >= 0.6 is 31.9 Å². The predicted octanol–water partition coefficient (Wildman–Crippen LogP) is 2.23. The molecular formula is C8H9Br2NO4S. The monoisotopic (exact) mass is 373 g/mol. The summed E-state index contributed by atoms with van der Waals surface area (Å²) in [5.41, 5.74) is 5.70. The molecule has 0 aliphatic carbocycles. The van der Waals surface area contributed by atoms with Crippen LogP contribution in [0.2, 0.25) is 0 Å². The lowest BCUT2D eigenvalue weighted by atomic mass is 10.3. The fourth-order valence-electron chi connectivity index (χ4n) is 0.880. The second-order valence-corrected chi connectivity index (χ2v) is 6.38. The van der Waals surface area contributed by atoms with E-state index in [0.717, 1.165) is 0 Å². The molecule has 0 fully saturated rings. The van der Waals surface area contributed by atoms with Gasteiger partial charge in [-0.1, -0.05) is 0 Å². The van der Waals surface area contributed by atoms with Gasteiger partial charge < -0.3 is 15.0 Å². The van der Waals surface area contributed by atoms with Gasteiger partial charge in [-0.2, -0.15) is 8.42 Å². The maximum atomic E-state index is 11.3. The quantitative estimate of drug-likeness (QED) is 0.481. The molecule has 90 valence electrons. The van der Waals surface area contributed by atoms with Gasteiger partial charge in [-0.25, -0.2) is 0 Å². The molecule has 0 saturated heterocycles. The molecule has 0 radical (unpaired) electrons. The van der Waals surface area contributed by atoms with Crippen LogP contribution < -0.4 is 9.92 Å². The Labute approximate surface area is 110 Å². The molecule has 3 N–H and O–H groups in total. The van der Waals surface area contributed by atoms with Crippen LogP contribution in [-0.2, 0) is 10.1 Å². The number of anilines is 1.